The molecule has 0 spiro atoms. The van der Waals surface area contributed by atoms with Crippen LogP contribution in [0.4, 0.5) is 13.2 Å². The first-order valence-corrected chi connectivity index (χ1v) is 5.96. The van der Waals surface area contributed by atoms with Crippen molar-refractivity contribution in [3.05, 3.63) is 0 Å². The van der Waals surface area contributed by atoms with E-state index in [-0.39, 0.29) is 12.8 Å². The Balaban J connectivity index is 2.31. The second kappa shape index (κ2) is 5.87. The lowest BCUT2D eigenvalue weighted by Crippen LogP contribution is -2.43. The van der Waals surface area contributed by atoms with Gasteiger partial charge in [0, 0.05) is 6.04 Å². The highest BCUT2D eigenvalue weighted by molar-refractivity contribution is 4.79. The Morgan fingerprint density at radius 2 is 1.88 bits per heavy atom. The van der Waals surface area contributed by atoms with E-state index in [9.17, 15) is 13.2 Å². The highest BCUT2D eigenvalue weighted by Crippen LogP contribution is 2.34. The molecule has 0 saturated carbocycles. The topological polar surface area (TPSA) is 29.3 Å². The van der Waals surface area contributed by atoms with Crippen LogP contribution in [0.25, 0.3) is 0 Å². The maximum atomic E-state index is 12.4. The number of piperidine rings is 1. The zero-order chi connectivity index (χ0) is 12.2. The minimum atomic E-state index is -4.01. The van der Waals surface area contributed by atoms with Crippen molar-refractivity contribution in [1.29, 1.82) is 0 Å². The van der Waals surface area contributed by atoms with Gasteiger partial charge >= 0.3 is 6.18 Å². The number of nitrogens with zero attached hydrogens (tertiary/aromatic N) is 1. The lowest BCUT2D eigenvalue weighted by molar-refractivity contribution is -0.186. The molecule has 1 saturated heterocycles. The third-order valence-electron chi connectivity index (χ3n) is 3.44. The van der Waals surface area contributed by atoms with Gasteiger partial charge in [-0.15, -0.1) is 0 Å². The van der Waals surface area contributed by atoms with Crippen molar-refractivity contribution >= 4 is 0 Å². The Morgan fingerprint density at radius 3 is 2.31 bits per heavy atom. The molecule has 1 fully saturated rings. The quantitative estimate of drug-likeness (QED) is 0.814. The van der Waals surface area contributed by atoms with Crippen LogP contribution in [0, 0.1) is 5.92 Å². The molecule has 0 aromatic carbocycles. The highest BCUT2D eigenvalue weighted by Gasteiger charge is 2.41. The summed E-state index contributed by atoms with van der Waals surface area (Å²) in [4.78, 5) is 2.15. The monoisotopic (exact) mass is 238 g/mol. The van der Waals surface area contributed by atoms with Gasteiger partial charge in [-0.05, 0) is 52.2 Å². The van der Waals surface area contributed by atoms with Crippen molar-refractivity contribution in [3.8, 4) is 0 Å². The largest absolute Gasteiger partial charge is 0.391 e. The standard InChI is InChI=1S/C11H21F3N2/c1-9(3-2-6-15)16-7-4-10(5-8-16)11(12,13)14/h9-10H,2-8,15H2,1H3. The van der Waals surface area contributed by atoms with Crippen LogP contribution in [0.5, 0.6) is 0 Å². The van der Waals surface area contributed by atoms with Gasteiger partial charge in [0.15, 0.2) is 0 Å². The average molecular weight is 238 g/mol. The van der Waals surface area contributed by atoms with Gasteiger partial charge in [0.25, 0.3) is 0 Å². The Morgan fingerprint density at radius 1 is 1.31 bits per heavy atom. The number of hydrogen-bond acceptors (Lipinski definition) is 2. The predicted octanol–water partition coefficient (Wildman–Crippen LogP) is 2.39. The predicted molar refractivity (Wildman–Crippen MR) is 58.1 cm³/mol. The molecule has 1 rings (SSSR count). The fourth-order valence-corrected chi connectivity index (χ4v) is 2.26. The Labute approximate surface area is 95.0 Å². The lowest BCUT2D eigenvalue weighted by Gasteiger charge is -2.36. The van der Waals surface area contributed by atoms with Crippen LogP contribution in [-0.4, -0.2) is 36.8 Å². The van der Waals surface area contributed by atoms with E-state index in [1.807, 2.05) is 0 Å². The molecule has 0 aliphatic carbocycles. The van der Waals surface area contributed by atoms with Crippen molar-refractivity contribution in [2.24, 2.45) is 11.7 Å². The maximum Gasteiger partial charge on any atom is 0.391 e. The van der Waals surface area contributed by atoms with Gasteiger partial charge in [0.05, 0.1) is 5.92 Å². The van der Waals surface area contributed by atoms with E-state index in [0.717, 1.165) is 12.8 Å². The molecule has 16 heavy (non-hydrogen) atoms. The number of alkyl halides is 3. The second-order valence-corrected chi connectivity index (χ2v) is 4.63. The molecule has 0 aromatic rings. The third kappa shape index (κ3) is 3.94. The molecule has 2 N–H and O–H groups in total. The molecule has 96 valence electrons. The molecule has 1 atom stereocenters. The van der Waals surface area contributed by atoms with E-state index in [0.29, 0.717) is 25.7 Å². The minimum Gasteiger partial charge on any atom is -0.330 e. The zero-order valence-corrected chi connectivity index (χ0v) is 9.76. The SMILES string of the molecule is CC(CCCN)N1CCC(C(F)(F)F)CC1. The second-order valence-electron chi connectivity index (χ2n) is 4.63. The molecular weight excluding hydrogens is 217 g/mol. The fourth-order valence-electron chi connectivity index (χ4n) is 2.26. The highest BCUT2D eigenvalue weighted by atomic mass is 19.4. The normalized spacial score (nSPS) is 22.3. The first kappa shape index (κ1) is 13.8. The first-order valence-electron chi connectivity index (χ1n) is 5.96. The molecule has 1 heterocycles. The third-order valence-corrected chi connectivity index (χ3v) is 3.44. The molecule has 0 bridgehead atoms. The number of hydrogen-bond donors (Lipinski definition) is 1. The van der Waals surface area contributed by atoms with Gasteiger partial charge in [-0.1, -0.05) is 0 Å². The average Bonchev–Trinajstić information content (AvgIpc) is 2.25. The summed E-state index contributed by atoms with van der Waals surface area (Å²) in [7, 11) is 0. The first-order chi connectivity index (χ1) is 7.45. The van der Waals surface area contributed by atoms with Crippen LogP contribution in [0.2, 0.25) is 0 Å². The number of rotatable bonds is 4. The molecule has 1 aliphatic rings. The van der Waals surface area contributed by atoms with Crippen LogP contribution in [-0.2, 0) is 0 Å². The number of halogens is 3. The van der Waals surface area contributed by atoms with E-state index in [1.54, 1.807) is 0 Å². The van der Waals surface area contributed by atoms with E-state index in [1.165, 1.54) is 0 Å². The molecule has 2 nitrogen and oxygen atoms in total. The summed E-state index contributed by atoms with van der Waals surface area (Å²) in [5.41, 5.74) is 5.42. The molecule has 0 radical (unpaired) electrons. The molecule has 0 amide bonds. The van der Waals surface area contributed by atoms with Crippen LogP contribution < -0.4 is 5.73 Å². The lowest BCUT2D eigenvalue weighted by atomic mass is 9.95. The summed E-state index contributed by atoms with van der Waals surface area (Å²) in [5.74, 6) is -1.09. The van der Waals surface area contributed by atoms with E-state index >= 15 is 0 Å². The van der Waals surface area contributed by atoms with Crippen molar-refractivity contribution in [2.75, 3.05) is 19.6 Å². The summed E-state index contributed by atoms with van der Waals surface area (Å²) >= 11 is 0. The summed E-state index contributed by atoms with van der Waals surface area (Å²) in [6, 6.07) is 0.359. The van der Waals surface area contributed by atoms with E-state index in [2.05, 4.69) is 11.8 Å². The maximum absolute atomic E-state index is 12.4. The van der Waals surface area contributed by atoms with Gasteiger partial charge in [0.1, 0.15) is 0 Å². The van der Waals surface area contributed by atoms with Gasteiger partial charge in [-0.3, -0.25) is 0 Å². The molecule has 0 aromatic heterocycles. The van der Waals surface area contributed by atoms with E-state index in [4.69, 9.17) is 5.73 Å². The van der Waals surface area contributed by atoms with Gasteiger partial charge in [-0.25, -0.2) is 0 Å². The summed E-state index contributed by atoms with van der Waals surface area (Å²) in [6.07, 6.45) is -1.59. The Hall–Kier alpha value is -0.290. The fraction of sp³-hybridized carbons (Fsp3) is 1.00. The van der Waals surface area contributed by atoms with E-state index < -0.39 is 12.1 Å². The molecular formula is C11H21F3N2. The number of likely N-dealkylation sites (tertiary alicyclic amines) is 1. The minimum absolute atomic E-state index is 0.246. The van der Waals surface area contributed by atoms with Crippen molar-refractivity contribution in [3.63, 3.8) is 0 Å². The van der Waals surface area contributed by atoms with Gasteiger partial charge in [0.2, 0.25) is 0 Å². The van der Waals surface area contributed by atoms with Gasteiger partial charge < -0.3 is 10.6 Å². The van der Waals surface area contributed by atoms with Crippen molar-refractivity contribution in [1.82, 2.24) is 4.90 Å². The van der Waals surface area contributed by atoms with Crippen molar-refractivity contribution < 1.29 is 13.2 Å². The van der Waals surface area contributed by atoms with Crippen LogP contribution >= 0.6 is 0 Å². The summed E-state index contributed by atoms with van der Waals surface area (Å²) < 4.78 is 37.3. The van der Waals surface area contributed by atoms with Crippen LogP contribution in [0.3, 0.4) is 0 Å². The van der Waals surface area contributed by atoms with Gasteiger partial charge in [-0.2, -0.15) is 13.2 Å². The molecule has 1 aliphatic heterocycles. The summed E-state index contributed by atoms with van der Waals surface area (Å²) in [5, 5.41) is 0. The zero-order valence-electron chi connectivity index (χ0n) is 9.76. The van der Waals surface area contributed by atoms with Crippen LogP contribution in [0.15, 0.2) is 0 Å². The van der Waals surface area contributed by atoms with Crippen molar-refractivity contribution in [2.45, 2.75) is 44.8 Å². The Kier molecular flexibility index (Phi) is 5.05. The summed E-state index contributed by atoms with van der Waals surface area (Å²) in [6.45, 7) is 3.86. The Bertz CT molecular complexity index is 198. The van der Waals surface area contributed by atoms with Crippen LogP contribution in [0.1, 0.15) is 32.6 Å². The smallest absolute Gasteiger partial charge is 0.330 e. The molecule has 1 unspecified atom stereocenters. The number of nitrogens with two attached hydrogens (primary N) is 1. The molecule has 5 heteroatoms.